The fraction of sp³-hybridized carbons (Fsp3) is 0.344. The molecule has 3 N–H and O–H groups in total. The first kappa shape index (κ1) is 29.0. The quantitative estimate of drug-likeness (QED) is 0.226. The second-order valence-electron chi connectivity index (χ2n) is 11.2. The SMILES string of the molecule is CCCOc1ccc(S(=O)(=O)[N+]2(CCN)CCCCC2)cc1-c1nc2cc3ncn(Cc4ccccc4)c3cc2c(=O)[nH]1. The lowest BCUT2D eigenvalue weighted by Crippen LogP contribution is -2.57. The molecule has 0 spiro atoms. The van der Waals surface area contributed by atoms with E-state index in [9.17, 15) is 13.2 Å². The van der Waals surface area contributed by atoms with Gasteiger partial charge < -0.3 is 20.0 Å². The van der Waals surface area contributed by atoms with Gasteiger partial charge in [-0.2, -0.15) is 8.42 Å². The molecule has 1 aliphatic heterocycles. The molecule has 10 nitrogen and oxygen atoms in total. The highest BCUT2D eigenvalue weighted by Gasteiger charge is 2.43. The molecule has 0 radical (unpaired) electrons. The average molecular weight is 602 g/mol. The molecule has 3 aromatic carbocycles. The van der Waals surface area contributed by atoms with Crippen LogP contribution in [0.5, 0.6) is 5.75 Å². The Kier molecular flexibility index (Phi) is 8.04. The number of hydrogen-bond acceptors (Lipinski definition) is 7. The van der Waals surface area contributed by atoms with Crippen LogP contribution in [0, 0.1) is 0 Å². The first-order valence-electron chi connectivity index (χ1n) is 14.9. The van der Waals surface area contributed by atoms with E-state index < -0.39 is 10.0 Å². The van der Waals surface area contributed by atoms with E-state index in [1.165, 1.54) is 0 Å². The Morgan fingerprint density at radius 3 is 2.56 bits per heavy atom. The van der Waals surface area contributed by atoms with E-state index in [1.54, 1.807) is 30.6 Å². The molecule has 0 unspecified atom stereocenters. The monoisotopic (exact) mass is 601 g/mol. The number of H-pyrrole nitrogens is 1. The maximum Gasteiger partial charge on any atom is 0.327 e. The number of sulfonamides is 1. The van der Waals surface area contributed by atoms with Crippen molar-refractivity contribution in [2.75, 3.05) is 32.8 Å². The van der Waals surface area contributed by atoms with Crippen LogP contribution in [0.3, 0.4) is 0 Å². The molecule has 0 bridgehead atoms. The van der Waals surface area contributed by atoms with Gasteiger partial charge in [0.1, 0.15) is 23.0 Å². The summed E-state index contributed by atoms with van der Waals surface area (Å²) in [6.07, 6.45) is 5.20. The van der Waals surface area contributed by atoms with Crippen molar-refractivity contribution < 1.29 is 17.0 Å². The molecule has 1 fully saturated rings. The van der Waals surface area contributed by atoms with E-state index in [0.717, 1.165) is 36.8 Å². The van der Waals surface area contributed by atoms with Gasteiger partial charge in [-0.3, -0.25) is 4.79 Å². The van der Waals surface area contributed by atoms with Crippen LogP contribution in [0.15, 0.2) is 76.7 Å². The third-order valence-corrected chi connectivity index (χ3v) is 10.7. The van der Waals surface area contributed by atoms with Crippen molar-refractivity contribution in [2.45, 2.75) is 44.0 Å². The molecular formula is C32H37N6O4S+. The minimum atomic E-state index is -3.79. The van der Waals surface area contributed by atoms with Crippen molar-refractivity contribution in [1.29, 1.82) is 0 Å². The highest BCUT2D eigenvalue weighted by atomic mass is 32.2. The zero-order valence-corrected chi connectivity index (χ0v) is 25.1. The summed E-state index contributed by atoms with van der Waals surface area (Å²) in [5.74, 6) is 0.702. The van der Waals surface area contributed by atoms with Gasteiger partial charge in [0, 0.05) is 13.1 Å². The van der Waals surface area contributed by atoms with Crippen molar-refractivity contribution in [3.8, 4) is 17.1 Å². The number of nitrogens with zero attached hydrogens (tertiary/aromatic N) is 4. The Bertz CT molecular complexity index is 1920. The van der Waals surface area contributed by atoms with E-state index in [4.69, 9.17) is 15.5 Å². The van der Waals surface area contributed by atoms with E-state index in [1.807, 2.05) is 47.9 Å². The van der Waals surface area contributed by atoms with Gasteiger partial charge in [0.15, 0.2) is 0 Å². The Morgan fingerprint density at radius 1 is 1.02 bits per heavy atom. The third-order valence-electron chi connectivity index (χ3n) is 8.29. The molecular weight excluding hydrogens is 564 g/mol. The smallest absolute Gasteiger partial charge is 0.327 e. The Hall–Kier alpha value is -4.06. The molecule has 5 aromatic rings. The summed E-state index contributed by atoms with van der Waals surface area (Å²) in [6.45, 7) is 4.73. The molecule has 11 heteroatoms. The number of ether oxygens (including phenoxy) is 1. The molecule has 0 saturated carbocycles. The number of quaternary nitrogens is 1. The van der Waals surface area contributed by atoms with Gasteiger partial charge in [-0.05, 0) is 61.6 Å². The van der Waals surface area contributed by atoms with Gasteiger partial charge in [-0.25, -0.2) is 13.9 Å². The molecule has 3 heterocycles. The van der Waals surface area contributed by atoms with Gasteiger partial charge in [0.2, 0.25) is 0 Å². The number of aromatic nitrogens is 4. The molecule has 43 heavy (non-hydrogen) atoms. The molecule has 224 valence electrons. The first-order valence-corrected chi connectivity index (χ1v) is 16.3. The van der Waals surface area contributed by atoms with Crippen molar-refractivity contribution in [3.63, 3.8) is 0 Å². The topological polar surface area (TPSA) is 133 Å². The number of aromatic amines is 1. The number of fused-ring (bicyclic) bond motifs is 2. The van der Waals surface area contributed by atoms with Gasteiger partial charge in [0.25, 0.3) is 5.56 Å². The summed E-state index contributed by atoms with van der Waals surface area (Å²) >= 11 is 0. The second-order valence-corrected chi connectivity index (χ2v) is 13.4. The van der Waals surface area contributed by atoms with Crippen LogP contribution in [-0.4, -0.2) is 64.6 Å². The minimum absolute atomic E-state index is 0.0661. The number of benzene rings is 3. The Balaban J connectivity index is 1.45. The normalized spacial score (nSPS) is 15.2. The van der Waals surface area contributed by atoms with E-state index >= 15 is 0 Å². The molecule has 0 atom stereocenters. The summed E-state index contributed by atoms with van der Waals surface area (Å²) in [4.78, 5) is 25.9. The fourth-order valence-electron chi connectivity index (χ4n) is 6.05. The van der Waals surface area contributed by atoms with Crippen LogP contribution < -0.4 is 16.0 Å². The molecule has 0 amide bonds. The van der Waals surface area contributed by atoms with Gasteiger partial charge in [-0.15, -0.1) is 0 Å². The number of imidazole rings is 1. The summed E-state index contributed by atoms with van der Waals surface area (Å²) in [5, 5.41) is 0.423. The standard InChI is InChI=1S/C32H36N6O4S/c1-2-17-42-30-12-11-24(43(40,41)38(16-13-33)14-7-4-8-15-38)18-26(30)31-35-27-20-28-29(19-25(27)32(39)36-31)37(22-34-28)21-23-9-5-3-6-10-23/h3,5-6,9-12,18-20,22H,2,4,7-8,13-17,21,33H2,1H3/p+1. The number of piperidine rings is 1. The van der Waals surface area contributed by atoms with Crippen molar-refractivity contribution in [1.82, 2.24) is 19.5 Å². The largest absolute Gasteiger partial charge is 0.493 e. The molecule has 2 aromatic heterocycles. The van der Waals surface area contributed by atoms with Crippen LogP contribution in [-0.2, 0) is 16.6 Å². The highest BCUT2D eigenvalue weighted by Crippen LogP contribution is 2.35. The van der Waals surface area contributed by atoms with Gasteiger partial charge in [0.05, 0.1) is 53.5 Å². The first-order chi connectivity index (χ1) is 20.8. The summed E-state index contributed by atoms with van der Waals surface area (Å²) in [5.41, 5.74) is 9.14. The highest BCUT2D eigenvalue weighted by molar-refractivity contribution is 7.86. The number of likely N-dealkylation sites (tertiary alicyclic amines) is 1. The predicted octanol–water partition coefficient (Wildman–Crippen LogP) is 4.43. The molecule has 1 saturated heterocycles. The van der Waals surface area contributed by atoms with E-state index in [0.29, 0.717) is 60.5 Å². The second kappa shape index (κ2) is 11.9. The van der Waals surface area contributed by atoms with Crippen molar-refractivity contribution in [2.24, 2.45) is 5.73 Å². The summed E-state index contributed by atoms with van der Waals surface area (Å²) < 4.78 is 36.2. The van der Waals surface area contributed by atoms with Gasteiger partial charge >= 0.3 is 10.0 Å². The summed E-state index contributed by atoms with van der Waals surface area (Å²) in [7, 11) is -3.79. The Morgan fingerprint density at radius 2 is 1.81 bits per heavy atom. The molecule has 0 aliphatic carbocycles. The van der Waals surface area contributed by atoms with Crippen LogP contribution in [0.4, 0.5) is 0 Å². The lowest BCUT2D eigenvalue weighted by Gasteiger charge is -2.39. The van der Waals surface area contributed by atoms with Crippen LogP contribution >= 0.6 is 0 Å². The zero-order chi connectivity index (χ0) is 30.0. The average Bonchev–Trinajstić information content (AvgIpc) is 3.41. The maximum atomic E-state index is 14.1. The van der Waals surface area contributed by atoms with Gasteiger partial charge in [-0.1, -0.05) is 37.3 Å². The minimum Gasteiger partial charge on any atom is -0.493 e. The number of rotatable bonds is 10. The molecule has 6 rings (SSSR count). The lowest BCUT2D eigenvalue weighted by atomic mass is 10.1. The zero-order valence-electron chi connectivity index (χ0n) is 24.3. The van der Waals surface area contributed by atoms with Crippen molar-refractivity contribution >= 4 is 32.0 Å². The van der Waals surface area contributed by atoms with Crippen molar-refractivity contribution in [3.05, 3.63) is 82.9 Å². The number of nitrogens with one attached hydrogen (secondary N) is 1. The number of nitrogens with two attached hydrogens (primary N) is 1. The maximum absolute atomic E-state index is 14.1. The number of hydrogen-bond donors (Lipinski definition) is 2. The van der Waals surface area contributed by atoms with E-state index in [-0.39, 0.29) is 26.7 Å². The van der Waals surface area contributed by atoms with Crippen LogP contribution in [0.25, 0.3) is 33.3 Å². The predicted molar refractivity (Wildman–Crippen MR) is 167 cm³/mol. The van der Waals surface area contributed by atoms with Crippen LogP contribution in [0.1, 0.15) is 38.2 Å². The summed E-state index contributed by atoms with van der Waals surface area (Å²) in [6, 6.07) is 18.5. The van der Waals surface area contributed by atoms with E-state index in [2.05, 4.69) is 9.97 Å². The fourth-order valence-corrected chi connectivity index (χ4v) is 8.09. The molecule has 1 aliphatic rings. The lowest BCUT2D eigenvalue weighted by molar-refractivity contribution is -0.810. The Labute approximate surface area is 250 Å². The third kappa shape index (κ3) is 5.44. The van der Waals surface area contributed by atoms with Crippen LogP contribution in [0.2, 0.25) is 0 Å².